The average molecular weight is 432 g/mol. The Bertz CT molecular complexity index is 1020. The summed E-state index contributed by atoms with van der Waals surface area (Å²) < 4.78 is 29.6. The van der Waals surface area contributed by atoms with E-state index in [0.29, 0.717) is 6.42 Å². The molecule has 1 heterocycles. The molecule has 0 atom stereocenters. The molecule has 8 heteroatoms. The van der Waals surface area contributed by atoms with Gasteiger partial charge >= 0.3 is 10.2 Å². The number of para-hydroxylation sites is 1. The highest BCUT2D eigenvalue weighted by Gasteiger charge is 2.22. The van der Waals surface area contributed by atoms with Gasteiger partial charge in [-0.1, -0.05) is 49.4 Å². The molecule has 0 radical (unpaired) electrons. The number of unbranched alkanes of at least 4 members (excludes halogenated alkanes) is 1. The summed E-state index contributed by atoms with van der Waals surface area (Å²) in [6.45, 7) is 2.28. The number of amides is 1. The third-order valence-electron chi connectivity index (χ3n) is 4.52. The van der Waals surface area contributed by atoms with E-state index >= 15 is 0 Å². The summed E-state index contributed by atoms with van der Waals surface area (Å²) in [6.07, 6.45) is 2.36. The maximum atomic E-state index is 12.5. The van der Waals surface area contributed by atoms with Crippen LogP contribution in [0.5, 0.6) is 0 Å². The number of carbonyl (C=O) groups is 1. The van der Waals surface area contributed by atoms with Crippen molar-refractivity contribution in [2.45, 2.75) is 39.2 Å². The second kappa shape index (κ2) is 9.96. The van der Waals surface area contributed by atoms with Gasteiger partial charge in [0.2, 0.25) is 5.91 Å². The third-order valence-corrected chi connectivity index (χ3v) is 7.17. The summed E-state index contributed by atoms with van der Waals surface area (Å²) in [5.41, 5.74) is 1.87. The second-order valence-electron chi connectivity index (χ2n) is 6.72. The number of hydrogen-bond acceptors (Lipinski definition) is 5. The van der Waals surface area contributed by atoms with Gasteiger partial charge in [-0.3, -0.25) is 4.79 Å². The van der Waals surface area contributed by atoms with Crippen LogP contribution in [0.4, 0.5) is 0 Å². The van der Waals surface area contributed by atoms with Crippen LogP contribution in [0.3, 0.4) is 0 Å². The molecule has 0 saturated carbocycles. The van der Waals surface area contributed by atoms with E-state index in [1.54, 1.807) is 18.3 Å². The van der Waals surface area contributed by atoms with Gasteiger partial charge in [-0.25, -0.2) is 9.71 Å². The number of nitrogens with zero attached hydrogens (tertiary/aromatic N) is 2. The molecule has 154 valence electrons. The lowest BCUT2D eigenvalue weighted by atomic mass is 10.2. The Morgan fingerprint density at radius 1 is 1.07 bits per heavy atom. The van der Waals surface area contributed by atoms with Crippen LogP contribution in [-0.4, -0.2) is 30.2 Å². The number of carbonyl (C=O) groups excluding carboxylic acids is 1. The van der Waals surface area contributed by atoms with E-state index in [1.807, 2.05) is 54.6 Å². The van der Waals surface area contributed by atoms with Crippen molar-refractivity contribution < 1.29 is 13.2 Å². The topological polar surface area (TPSA) is 79.4 Å². The number of thiazole rings is 1. The Hall–Kier alpha value is -2.29. The minimum Gasteiger partial charge on any atom is -0.274 e. The lowest BCUT2D eigenvalue weighted by Crippen LogP contribution is -2.43. The highest BCUT2D eigenvalue weighted by molar-refractivity contribution is 7.87. The van der Waals surface area contributed by atoms with Gasteiger partial charge in [0.15, 0.2) is 0 Å². The quantitative estimate of drug-likeness (QED) is 0.494. The first-order valence-corrected chi connectivity index (χ1v) is 11.9. The smallest absolute Gasteiger partial charge is 0.274 e. The molecular formula is C21H25N3O3S2. The number of benzene rings is 2. The molecule has 29 heavy (non-hydrogen) atoms. The van der Waals surface area contributed by atoms with Gasteiger partial charge in [-0.05, 0) is 37.0 Å². The molecule has 0 fully saturated rings. The van der Waals surface area contributed by atoms with Crippen LogP contribution in [0, 0.1) is 0 Å². The monoisotopic (exact) mass is 431 g/mol. The summed E-state index contributed by atoms with van der Waals surface area (Å²) in [6, 6.07) is 17.3. The van der Waals surface area contributed by atoms with E-state index in [-0.39, 0.29) is 19.5 Å². The fourth-order valence-electron chi connectivity index (χ4n) is 3.00. The molecule has 0 spiro atoms. The molecule has 0 aliphatic rings. The van der Waals surface area contributed by atoms with E-state index in [1.165, 1.54) is 4.31 Å². The Kier molecular flexibility index (Phi) is 7.35. The first kappa shape index (κ1) is 21.4. The lowest BCUT2D eigenvalue weighted by molar-refractivity contribution is -0.119. The summed E-state index contributed by atoms with van der Waals surface area (Å²) in [7, 11) is -3.85. The number of nitrogens with one attached hydrogen (secondary N) is 1. The van der Waals surface area contributed by atoms with Gasteiger partial charge in [-0.15, -0.1) is 11.3 Å². The summed E-state index contributed by atoms with van der Waals surface area (Å²) in [4.78, 5) is 16.7. The number of aromatic nitrogens is 1. The zero-order valence-electron chi connectivity index (χ0n) is 16.4. The summed E-state index contributed by atoms with van der Waals surface area (Å²) >= 11 is 1.66. The predicted octanol–water partition coefficient (Wildman–Crippen LogP) is 3.89. The Balaban J connectivity index is 1.46. The Morgan fingerprint density at radius 3 is 2.52 bits per heavy atom. The number of fused-ring (bicyclic) bond motifs is 1. The van der Waals surface area contributed by atoms with Crippen LogP contribution in [0.2, 0.25) is 0 Å². The molecule has 3 rings (SSSR count). The highest BCUT2D eigenvalue weighted by Crippen LogP contribution is 2.22. The van der Waals surface area contributed by atoms with Crippen LogP contribution in [0.15, 0.2) is 54.6 Å². The Morgan fingerprint density at radius 2 is 1.79 bits per heavy atom. The fraction of sp³-hybridized carbons (Fsp3) is 0.333. The normalized spacial score (nSPS) is 11.8. The van der Waals surface area contributed by atoms with Crippen molar-refractivity contribution in [3.05, 3.63) is 65.2 Å². The van der Waals surface area contributed by atoms with E-state index in [4.69, 9.17) is 0 Å². The zero-order valence-corrected chi connectivity index (χ0v) is 18.0. The molecule has 0 bridgehead atoms. The molecule has 0 aliphatic heterocycles. The van der Waals surface area contributed by atoms with E-state index < -0.39 is 16.1 Å². The van der Waals surface area contributed by atoms with Crippen LogP contribution < -0.4 is 4.72 Å². The van der Waals surface area contributed by atoms with Crippen molar-refractivity contribution >= 4 is 37.7 Å². The van der Waals surface area contributed by atoms with E-state index in [9.17, 15) is 13.2 Å². The predicted molar refractivity (Wildman–Crippen MR) is 117 cm³/mol. The molecule has 6 nitrogen and oxygen atoms in total. The van der Waals surface area contributed by atoms with Gasteiger partial charge in [-0.2, -0.15) is 12.7 Å². The molecule has 1 amide bonds. The number of rotatable bonds is 10. The first-order valence-electron chi connectivity index (χ1n) is 9.67. The van der Waals surface area contributed by atoms with E-state index in [0.717, 1.165) is 33.6 Å². The van der Waals surface area contributed by atoms with Gasteiger partial charge in [0.1, 0.15) is 0 Å². The fourth-order valence-corrected chi connectivity index (χ4v) is 5.19. The maximum Gasteiger partial charge on any atom is 0.304 e. The van der Waals surface area contributed by atoms with Gasteiger partial charge < -0.3 is 0 Å². The first-order chi connectivity index (χ1) is 14.0. The Labute approximate surface area is 175 Å². The summed E-state index contributed by atoms with van der Waals surface area (Å²) in [5, 5.41) is 1.04. The maximum absolute atomic E-state index is 12.5. The van der Waals surface area contributed by atoms with Crippen molar-refractivity contribution in [1.82, 2.24) is 14.0 Å². The molecular weight excluding hydrogens is 406 g/mol. The molecule has 3 aromatic rings. The molecule has 0 unspecified atom stereocenters. The SMILES string of the molecule is CCN(Cc1ccccc1)S(=O)(=O)NC(=O)CCCCc1nc2ccccc2s1. The highest BCUT2D eigenvalue weighted by atomic mass is 32.2. The van der Waals surface area contributed by atoms with Crippen molar-refractivity contribution in [3.63, 3.8) is 0 Å². The number of aryl methyl sites for hydroxylation is 1. The van der Waals surface area contributed by atoms with Gasteiger partial charge in [0, 0.05) is 19.5 Å². The standard InChI is InChI=1S/C21H25N3O3S2/c1-2-24(16-17-10-4-3-5-11-17)29(26,27)23-20(25)14-8-9-15-21-22-18-12-6-7-13-19(18)28-21/h3-7,10-13H,2,8-9,14-16H2,1H3,(H,23,25). The molecule has 1 aromatic heterocycles. The molecule has 0 saturated heterocycles. The largest absolute Gasteiger partial charge is 0.304 e. The lowest BCUT2D eigenvalue weighted by Gasteiger charge is -2.20. The van der Waals surface area contributed by atoms with Crippen LogP contribution in [0.1, 0.15) is 36.8 Å². The molecule has 0 aliphatic carbocycles. The minimum atomic E-state index is -3.85. The summed E-state index contributed by atoms with van der Waals surface area (Å²) in [5.74, 6) is -0.471. The van der Waals surface area contributed by atoms with Crippen LogP contribution in [-0.2, 0) is 28.0 Å². The molecule has 2 aromatic carbocycles. The van der Waals surface area contributed by atoms with E-state index in [2.05, 4.69) is 9.71 Å². The molecule has 1 N–H and O–H groups in total. The average Bonchev–Trinajstić information content (AvgIpc) is 3.12. The number of hydrogen-bond donors (Lipinski definition) is 1. The van der Waals surface area contributed by atoms with Crippen molar-refractivity contribution in [3.8, 4) is 0 Å². The second-order valence-corrected chi connectivity index (χ2v) is 9.51. The minimum absolute atomic E-state index is 0.174. The van der Waals surface area contributed by atoms with Crippen molar-refractivity contribution in [2.24, 2.45) is 0 Å². The van der Waals surface area contributed by atoms with Crippen molar-refractivity contribution in [2.75, 3.05) is 6.54 Å². The third kappa shape index (κ3) is 6.09. The zero-order chi connectivity index (χ0) is 20.7. The van der Waals surface area contributed by atoms with Crippen LogP contribution >= 0.6 is 11.3 Å². The van der Waals surface area contributed by atoms with Crippen LogP contribution in [0.25, 0.3) is 10.2 Å². The van der Waals surface area contributed by atoms with Crippen molar-refractivity contribution in [1.29, 1.82) is 0 Å². The van der Waals surface area contributed by atoms with Gasteiger partial charge in [0.05, 0.1) is 15.2 Å². The van der Waals surface area contributed by atoms with Gasteiger partial charge in [0.25, 0.3) is 0 Å².